The van der Waals surface area contributed by atoms with Crippen molar-refractivity contribution in [2.75, 3.05) is 26.2 Å². The number of carbonyl (C=O) groups is 3. The molecule has 1 aliphatic carbocycles. The van der Waals surface area contributed by atoms with Crippen LogP contribution in [0.25, 0.3) is 0 Å². The van der Waals surface area contributed by atoms with Crippen LogP contribution in [0.4, 0.5) is 4.79 Å². The van der Waals surface area contributed by atoms with E-state index in [0.717, 1.165) is 38.8 Å². The van der Waals surface area contributed by atoms with E-state index in [1.807, 2.05) is 0 Å². The maximum Gasteiger partial charge on any atom is 0.315 e. The largest absolute Gasteiger partial charge is 0.347 e. The summed E-state index contributed by atoms with van der Waals surface area (Å²) in [6.07, 6.45) is 8.72. The molecule has 3 N–H and O–H groups in total. The van der Waals surface area contributed by atoms with Crippen molar-refractivity contribution in [3.63, 3.8) is 0 Å². The van der Waals surface area contributed by atoms with Crippen LogP contribution in [0.2, 0.25) is 0 Å². The third-order valence-electron chi connectivity index (χ3n) is 4.70. The number of likely N-dealkylation sites (tertiary alicyclic amines) is 1. The molecule has 0 spiro atoms. The van der Waals surface area contributed by atoms with Gasteiger partial charge in [0.15, 0.2) is 0 Å². The summed E-state index contributed by atoms with van der Waals surface area (Å²) in [5.41, 5.74) is 0. The van der Waals surface area contributed by atoms with Gasteiger partial charge in [0, 0.05) is 32.1 Å². The van der Waals surface area contributed by atoms with Gasteiger partial charge in [0.25, 0.3) is 0 Å². The predicted molar refractivity (Wildman–Crippen MR) is 91.5 cm³/mol. The lowest BCUT2D eigenvalue weighted by Crippen LogP contribution is -2.43. The minimum atomic E-state index is -0.147. The number of rotatable bonds is 7. The quantitative estimate of drug-likeness (QED) is 0.608. The van der Waals surface area contributed by atoms with E-state index in [1.54, 1.807) is 4.90 Å². The summed E-state index contributed by atoms with van der Waals surface area (Å²) < 4.78 is 0. The molecule has 7 heteroatoms. The Hall–Kier alpha value is -1.79. The first kappa shape index (κ1) is 18.5. The minimum Gasteiger partial charge on any atom is -0.347 e. The maximum atomic E-state index is 11.8. The molecule has 2 rings (SSSR count). The fraction of sp³-hybridized carbons (Fsp3) is 0.824. The number of urea groups is 1. The SMILES string of the molecule is O=C(CCCNC(=O)NC1CCCCC1)NCC(=O)N1CCCC1. The van der Waals surface area contributed by atoms with Crippen LogP contribution in [0.1, 0.15) is 57.8 Å². The molecular weight excluding hydrogens is 308 g/mol. The molecule has 0 aromatic carbocycles. The average molecular weight is 338 g/mol. The Balaban J connectivity index is 1.47. The van der Waals surface area contributed by atoms with Crippen LogP contribution < -0.4 is 16.0 Å². The smallest absolute Gasteiger partial charge is 0.315 e. The molecule has 0 atom stereocenters. The number of nitrogens with zero attached hydrogens (tertiary/aromatic N) is 1. The number of hydrogen-bond acceptors (Lipinski definition) is 3. The third kappa shape index (κ3) is 6.76. The lowest BCUT2D eigenvalue weighted by atomic mass is 9.96. The second-order valence-corrected chi connectivity index (χ2v) is 6.70. The molecule has 1 saturated carbocycles. The normalized spacial score (nSPS) is 18.2. The van der Waals surface area contributed by atoms with Crippen LogP contribution in [0, 0.1) is 0 Å². The van der Waals surface area contributed by atoms with E-state index in [0.29, 0.717) is 25.4 Å². The van der Waals surface area contributed by atoms with Crippen LogP contribution in [-0.2, 0) is 9.59 Å². The predicted octanol–water partition coefficient (Wildman–Crippen LogP) is 1.14. The van der Waals surface area contributed by atoms with Gasteiger partial charge in [-0.2, -0.15) is 0 Å². The molecule has 1 aliphatic heterocycles. The fourth-order valence-electron chi connectivity index (χ4n) is 3.28. The van der Waals surface area contributed by atoms with E-state index in [4.69, 9.17) is 0 Å². The Kier molecular flexibility index (Phi) is 7.85. The first-order valence-electron chi connectivity index (χ1n) is 9.24. The van der Waals surface area contributed by atoms with Gasteiger partial charge < -0.3 is 20.9 Å². The van der Waals surface area contributed by atoms with Gasteiger partial charge in [-0.05, 0) is 32.1 Å². The lowest BCUT2D eigenvalue weighted by molar-refractivity contribution is -0.132. The Bertz CT molecular complexity index is 430. The maximum absolute atomic E-state index is 11.8. The van der Waals surface area contributed by atoms with Crippen molar-refractivity contribution in [2.24, 2.45) is 0 Å². The van der Waals surface area contributed by atoms with Gasteiger partial charge in [0.2, 0.25) is 11.8 Å². The number of amides is 4. The van der Waals surface area contributed by atoms with Crippen molar-refractivity contribution >= 4 is 17.8 Å². The van der Waals surface area contributed by atoms with Crippen molar-refractivity contribution in [2.45, 2.75) is 63.8 Å². The van der Waals surface area contributed by atoms with Crippen LogP contribution in [0.3, 0.4) is 0 Å². The Labute approximate surface area is 143 Å². The van der Waals surface area contributed by atoms with Crippen molar-refractivity contribution in [3.05, 3.63) is 0 Å². The summed E-state index contributed by atoms with van der Waals surface area (Å²) in [5.74, 6) is -0.150. The number of nitrogens with one attached hydrogen (secondary N) is 3. The Morgan fingerprint density at radius 1 is 0.917 bits per heavy atom. The van der Waals surface area contributed by atoms with Crippen molar-refractivity contribution in [1.82, 2.24) is 20.9 Å². The highest BCUT2D eigenvalue weighted by atomic mass is 16.2. The van der Waals surface area contributed by atoms with E-state index in [-0.39, 0.29) is 24.4 Å². The molecular formula is C17H30N4O3. The molecule has 0 radical (unpaired) electrons. The summed E-state index contributed by atoms with van der Waals surface area (Å²) in [4.78, 5) is 37.1. The second kappa shape index (κ2) is 10.2. The molecule has 0 aromatic heterocycles. The summed E-state index contributed by atoms with van der Waals surface area (Å²) >= 11 is 0. The van der Waals surface area contributed by atoms with Crippen molar-refractivity contribution in [3.8, 4) is 0 Å². The van der Waals surface area contributed by atoms with Crippen LogP contribution in [0.15, 0.2) is 0 Å². The molecule has 0 aromatic rings. The van der Waals surface area contributed by atoms with Crippen LogP contribution >= 0.6 is 0 Å². The average Bonchev–Trinajstić information content (AvgIpc) is 3.12. The lowest BCUT2D eigenvalue weighted by Gasteiger charge is -2.22. The second-order valence-electron chi connectivity index (χ2n) is 6.70. The van der Waals surface area contributed by atoms with E-state index in [9.17, 15) is 14.4 Å². The van der Waals surface area contributed by atoms with E-state index in [2.05, 4.69) is 16.0 Å². The monoisotopic (exact) mass is 338 g/mol. The molecule has 1 heterocycles. The van der Waals surface area contributed by atoms with Gasteiger partial charge in [-0.15, -0.1) is 0 Å². The van der Waals surface area contributed by atoms with E-state index >= 15 is 0 Å². The minimum absolute atomic E-state index is 0.00849. The molecule has 0 unspecified atom stereocenters. The molecule has 0 bridgehead atoms. The van der Waals surface area contributed by atoms with Gasteiger partial charge in [-0.1, -0.05) is 19.3 Å². The van der Waals surface area contributed by atoms with Crippen molar-refractivity contribution < 1.29 is 14.4 Å². The first-order chi connectivity index (χ1) is 11.6. The molecule has 2 fully saturated rings. The Morgan fingerprint density at radius 2 is 1.62 bits per heavy atom. The highest BCUT2D eigenvalue weighted by Crippen LogP contribution is 2.17. The highest BCUT2D eigenvalue weighted by Gasteiger charge is 2.18. The molecule has 7 nitrogen and oxygen atoms in total. The van der Waals surface area contributed by atoms with Crippen LogP contribution in [0.5, 0.6) is 0 Å². The molecule has 2 aliphatic rings. The molecule has 4 amide bonds. The fourth-order valence-corrected chi connectivity index (χ4v) is 3.28. The first-order valence-corrected chi connectivity index (χ1v) is 9.24. The summed E-state index contributed by atoms with van der Waals surface area (Å²) in [7, 11) is 0. The molecule has 1 saturated heterocycles. The van der Waals surface area contributed by atoms with Gasteiger partial charge in [-0.3, -0.25) is 9.59 Å². The zero-order chi connectivity index (χ0) is 17.2. The van der Waals surface area contributed by atoms with E-state index < -0.39 is 0 Å². The Morgan fingerprint density at radius 3 is 2.33 bits per heavy atom. The zero-order valence-corrected chi connectivity index (χ0v) is 14.4. The standard InChI is InChI=1S/C17H30N4O3/c22-15(19-13-16(23)21-11-4-5-12-21)9-6-10-18-17(24)20-14-7-2-1-3-8-14/h14H,1-13H2,(H,19,22)(H2,18,20,24). The van der Waals surface area contributed by atoms with Crippen molar-refractivity contribution in [1.29, 1.82) is 0 Å². The topological polar surface area (TPSA) is 90.5 Å². The van der Waals surface area contributed by atoms with Gasteiger partial charge in [-0.25, -0.2) is 4.79 Å². The van der Waals surface area contributed by atoms with Gasteiger partial charge in [0.05, 0.1) is 6.54 Å². The third-order valence-corrected chi connectivity index (χ3v) is 4.70. The zero-order valence-electron chi connectivity index (χ0n) is 14.4. The number of carbonyl (C=O) groups excluding carboxylic acids is 3. The van der Waals surface area contributed by atoms with Crippen LogP contribution in [-0.4, -0.2) is 55.0 Å². The van der Waals surface area contributed by atoms with E-state index in [1.165, 1.54) is 19.3 Å². The summed E-state index contributed by atoms with van der Waals surface area (Å²) in [6, 6.07) is 0.144. The molecule has 24 heavy (non-hydrogen) atoms. The van der Waals surface area contributed by atoms with Gasteiger partial charge >= 0.3 is 6.03 Å². The van der Waals surface area contributed by atoms with Gasteiger partial charge in [0.1, 0.15) is 0 Å². The highest BCUT2D eigenvalue weighted by molar-refractivity contribution is 5.84. The summed E-state index contributed by atoms with van der Waals surface area (Å²) in [6.45, 7) is 2.14. The molecule has 136 valence electrons. The summed E-state index contributed by atoms with van der Waals surface area (Å²) in [5, 5.41) is 8.42. The number of hydrogen-bond donors (Lipinski definition) is 3.